The normalized spacial score (nSPS) is 10.2. The molecule has 0 aliphatic carbocycles. The van der Waals surface area contributed by atoms with Crippen LogP contribution in [0.3, 0.4) is 0 Å². The first-order valence-electron chi connectivity index (χ1n) is 4.93. The number of rotatable bonds is 4. The SMILES string of the molecule is Nc1nc(SCC(=O)NC(=O)c2ccc[nH]2)n[nH]1. The van der Waals surface area contributed by atoms with Crippen molar-refractivity contribution in [1.29, 1.82) is 0 Å². The van der Waals surface area contributed by atoms with Crippen molar-refractivity contribution in [3.8, 4) is 0 Å². The molecule has 0 atom stereocenters. The molecule has 0 aliphatic rings. The number of hydrogen-bond donors (Lipinski definition) is 4. The third-order valence-electron chi connectivity index (χ3n) is 1.91. The maximum atomic E-state index is 11.5. The van der Waals surface area contributed by atoms with E-state index in [9.17, 15) is 9.59 Å². The van der Waals surface area contributed by atoms with E-state index in [1.54, 1.807) is 18.3 Å². The summed E-state index contributed by atoms with van der Waals surface area (Å²) in [5.41, 5.74) is 5.66. The Balaban J connectivity index is 1.80. The van der Waals surface area contributed by atoms with Crippen molar-refractivity contribution in [1.82, 2.24) is 25.5 Å². The summed E-state index contributed by atoms with van der Waals surface area (Å²) in [5.74, 6) is -0.688. The molecule has 0 aromatic carbocycles. The van der Waals surface area contributed by atoms with Gasteiger partial charge in [0, 0.05) is 6.20 Å². The minimum absolute atomic E-state index is 0.0315. The van der Waals surface area contributed by atoms with Crippen LogP contribution >= 0.6 is 11.8 Å². The molecular weight excluding hydrogens is 256 g/mol. The fourth-order valence-electron chi connectivity index (χ4n) is 1.15. The summed E-state index contributed by atoms with van der Waals surface area (Å²) in [5, 5.41) is 8.78. The molecule has 2 amide bonds. The third-order valence-corrected chi connectivity index (χ3v) is 2.76. The number of imide groups is 1. The molecule has 8 nitrogen and oxygen atoms in total. The number of aromatic nitrogens is 4. The minimum atomic E-state index is -0.472. The number of carbonyl (C=O) groups is 2. The first-order chi connectivity index (χ1) is 8.65. The fourth-order valence-corrected chi connectivity index (χ4v) is 1.76. The molecule has 0 bridgehead atoms. The summed E-state index contributed by atoms with van der Waals surface area (Å²) >= 11 is 1.08. The Kier molecular flexibility index (Phi) is 3.63. The number of carbonyl (C=O) groups excluding carboxylic acids is 2. The van der Waals surface area contributed by atoms with Crippen LogP contribution < -0.4 is 11.1 Å². The van der Waals surface area contributed by atoms with Crippen LogP contribution in [0.1, 0.15) is 10.5 Å². The van der Waals surface area contributed by atoms with Crippen LogP contribution in [-0.2, 0) is 4.79 Å². The van der Waals surface area contributed by atoms with Crippen LogP contribution in [-0.4, -0.2) is 37.7 Å². The summed E-state index contributed by atoms with van der Waals surface area (Å²) in [6, 6.07) is 3.25. The van der Waals surface area contributed by atoms with Gasteiger partial charge in [0.1, 0.15) is 5.69 Å². The van der Waals surface area contributed by atoms with Gasteiger partial charge in [0.05, 0.1) is 5.75 Å². The van der Waals surface area contributed by atoms with Gasteiger partial charge in [-0.2, -0.15) is 4.98 Å². The van der Waals surface area contributed by atoms with Gasteiger partial charge < -0.3 is 10.7 Å². The highest BCUT2D eigenvalue weighted by molar-refractivity contribution is 7.99. The van der Waals surface area contributed by atoms with Crippen LogP contribution in [0.5, 0.6) is 0 Å². The Bertz CT molecular complexity index is 549. The van der Waals surface area contributed by atoms with E-state index >= 15 is 0 Å². The van der Waals surface area contributed by atoms with E-state index in [-0.39, 0.29) is 11.7 Å². The van der Waals surface area contributed by atoms with Crippen LogP contribution in [0.25, 0.3) is 0 Å². The molecule has 0 fully saturated rings. The molecular formula is C9H10N6O2S. The number of nitrogens with one attached hydrogen (secondary N) is 3. The molecule has 2 heterocycles. The number of nitrogens with two attached hydrogens (primary N) is 1. The van der Waals surface area contributed by atoms with Gasteiger partial charge in [-0.25, -0.2) is 5.10 Å². The molecule has 9 heteroatoms. The number of nitrogen functional groups attached to an aromatic ring is 1. The van der Waals surface area contributed by atoms with E-state index in [1.165, 1.54) is 0 Å². The summed E-state index contributed by atoms with van der Waals surface area (Å²) in [7, 11) is 0. The van der Waals surface area contributed by atoms with Gasteiger partial charge in [-0.3, -0.25) is 14.9 Å². The number of H-pyrrole nitrogens is 2. The predicted octanol–water partition coefficient (Wildman–Crippen LogP) is -0.236. The molecule has 94 valence electrons. The maximum Gasteiger partial charge on any atom is 0.274 e. The van der Waals surface area contributed by atoms with Crippen LogP contribution in [0.2, 0.25) is 0 Å². The number of nitrogens with zero attached hydrogens (tertiary/aromatic N) is 2. The van der Waals surface area contributed by atoms with Gasteiger partial charge in [0.25, 0.3) is 5.91 Å². The van der Waals surface area contributed by atoms with Crippen LogP contribution in [0.4, 0.5) is 5.95 Å². The zero-order valence-corrected chi connectivity index (χ0v) is 9.95. The summed E-state index contributed by atoms with van der Waals surface area (Å²) in [6.45, 7) is 0. The van der Waals surface area contributed by atoms with E-state index in [0.717, 1.165) is 11.8 Å². The molecule has 2 aromatic heterocycles. The lowest BCUT2D eigenvalue weighted by atomic mass is 10.4. The van der Waals surface area contributed by atoms with E-state index < -0.39 is 11.8 Å². The van der Waals surface area contributed by atoms with E-state index in [2.05, 4.69) is 25.5 Å². The van der Waals surface area contributed by atoms with Crippen molar-refractivity contribution in [2.75, 3.05) is 11.5 Å². The van der Waals surface area contributed by atoms with Crippen molar-refractivity contribution in [2.45, 2.75) is 5.16 Å². The topological polar surface area (TPSA) is 130 Å². The van der Waals surface area contributed by atoms with Gasteiger partial charge in [0.15, 0.2) is 0 Å². The second-order valence-corrected chi connectivity index (χ2v) is 4.20. The number of hydrogen-bond acceptors (Lipinski definition) is 6. The average Bonchev–Trinajstić information content (AvgIpc) is 2.97. The fraction of sp³-hybridized carbons (Fsp3) is 0.111. The molecule has 0 aliphatic heterocycles. The summed E-state index contributed by atoms with van der Waals surface area (Å²) < 4.78 is 0. The molecule has 0 saturated carbocycles. The highest BCUT2D eigenvalue weighted by Gasteiger charge is 2.12. The van der Waals surface area contributed by atoms with Gasteiger partial charge >= 0.3 is 0 Å². The zero-order chi connectivity index (χ0) is 13.0. The third kappa shape index (κ3) is 3.10. The standard InChI is InChI=1S/C9H10N6O2S/c10-8-13-9(15-14-8)18-4-6(16)12-7(17)5-2-1-3-11-5/h1-3,11H,4H2,(H,12,16,17)(H3,10,13,14,15). The average molecular weight is 266 g/mol. The Hall–Kier alpha value is -2.29. The van der Waals surface area contributed by atoms with E-state index in [1.807, 2.05) is 0 Å². The summed E-state index contributed by atoms with van der Waals surface area (Å²) in [4.78, 5) is 29.5. The Labute approximate surface area is 106 Å². The van der Waals surface area contributed by atoms with Crippen LogP contribution in [0, 0.1) is 0 Å². The van der Waals surface area contributed by atoms with Gasteiger partial charge in [-0.15, -0.1) is 5.10 Å². The van der Waals surface area contributed by atoms with Crippen molar-refractivity contribution in [2.24, 2.45) is 0 Å². The first-order valence-corrected chi connectivity index (χ1v) is 5.92. The van der Waals surface area contributed by atoms with Crippen LogP contribution in [0.15, 0.2) is 23.5 Å². The molecule has 2 aromatic rings. The molecule has 0 unspecified atom stereocenters. The van der Waals surface area contributed by atoms with Crippen molar-refractivity contribution in [3.05, 3.63) is 24.0 Å². The van der Waals surface area contributed by atoms with Crippen molar-refractivity contribution in [3.63, 3.8) is 0 Å². The lowest BCUT2D eigenvalue weighted by Gasteiger charge is -2.00. The number of amides is 2. The first kappa shape index (κ1) is 12.2. The largest absolute Gasteiger partial charge is 0.368 e. The molecule has 18 heavy (non-hydrogen) atoms. The monoisotopic (exact) mass is 266 g/mol. The smallest absolute Gasteiger partial charge is 0.274 e. The van der Waals surface area contributed by atoms with Crippen molar-refractivity contribution < 1.29 is 9.59 Å². The Morgan fingerprint density at radius 2 is 2.33 bits per heavy atom. The van der Waals surface area contributed by atoms with E-state index in [0.29, 0.717) is 10.9 Å². The molecule has 5 N–H and O–H groups in total. The summed E-state index contributed by atoms with van der Waals surface area (Å²) in [6.07, 6.45) is 1.60. The molecule has 0 radical (unpaired) electrons. The highest BCUT2D eigenvalue weighted by atomic mass is 32.2. The zero-order valence-electron chi connectivity index (χ0n) is 9.14. The highest BCUT2D eigenvalue weighted by Crippen LogP contribution is 2.11. The minimum Gasteiger partial charge on any atom is -0.368 e. The predicted molar refractivity (Wildman–Crippen MR) is 64.8 cm³/mol. The molecule has 2 rings (SSSR count). The van der Waals surface area contributed by atoms with Gasteiger partial charge in [0.2, 0.25) is 17.0 Å². The van der Waals surface area contributed by atoms with Gasteiger partial charge in [-0.05, 0) is 12.1 Å². The lowest BCUT2D eigenvalue weighted by Crippen LogP contribution is -2.32. The molecule has 0 saturated heterocycles. The Morgan fingerprint density at radius 3 is 2.94 bits per heavy atom. The Morgan fingerprint density at radius 1 is 1.50 bits per heavy atom. The second kappa shape index (κ2) is 5.36. The van der Waals surface area contributed by atoms with Gasteiger partial charge in [-0.1, -0.05) is 11.8 Å². The quantitative estimate of drug-likeness (QED) is 0.565. The van der Waals surface area contributed by atoms with E-state index in [4.69, 9.17) is 5.73 Å². The van der Waals surface area contributed by atoms with Crippen molar-refractivity contribution >= 4 is 29.5 Å². The lowest BCUT2D eigenvalue weighted by molar-refractivity contribution is -0.117. The number of aromatic amines is 2. The number of anilines is 1. The number of thioether (sulfide) groups is 1. The molecule has 0 spiro atoms. The maximum absolute atomic E-state index is 11.5. The second-order valence-electron chi connectivity index (χ2n) is 3.25.